The van der Waals surface area contributed by atoms with Gasteiger partial charge in [-0.2, -0.15) is 0 Å². The minimum absolute atomic E-state index is 0.339. The van der Waals surface area contributed by atoms with Gasteiger partial charge in [0.2, 0.25) is 0 Å². The molecule has 1 aromatic carbocycles. The monoisotopic (exact) mass is 217 g/mol. The molecule has 2 rings (SSSR count). The number of para-hydroxylation sites is 1. The number of halogens is 1. The van der Waals surface area contributed by atoms with Gasteiger partial charge in [0.05, 0.1) is 11.4 Å². The van der Waals surface area contributed by atoms with Crippen LogP contribution < -0.4 is 11.1 Å². The van der Waals surface area contributed by atoms with Crippen LogP contribution in [0.15, 0.2) is 42.7 Å². The molecule has 0 radical (unpaired) electrons. The summed E-state index contributed by atoms with van der Waals surface area (Å²) in [5.41, 5.74) is 7.45. The number of nitrogen functional groups attached to an aromatic ring is 1. The summed E-state index contributed by atoms with van der Waals surface area (Å²) in [5.74, 6) is -0.339. The second kappa shape index (κ2) is 4.61. The van der Waals surface area contributed by atoms with Gasteiger partial charge in [-0.3, -0.25) is 4.98 Å². The summed E-state index contributed by atoms with van der Waals surface area (Å²) < 4.78 is 13.4. The van der Waals surface area contributed by atoms with Gasteiger partial charge in [-0.25, -0.2) is 4.39 Å². The van der Waals surface area contributed by atoms with Crippen molar-refractivity contribution in [1.82, 2.24) is 4.98 Å². The third kappa shape index (κ3) is 2.28. The molecule has 0 saturated heterocycles. The van der Waals surface area contributed by atoms with Gasteiger partial charge in [0.25, 0.3) is 0 Å². The van der Waals surface area contributed by atoms with Crippen LogP contribution in [0.2, 0.25) is 0 Å². The van der Waals surface area contributed by atoms with Crippen molar-refractivity contribution in [2.24, 2.45) is 0 Å². The number of pyridine rings is 1. The van der Waals surface area contributed by atoms with E-state index >= 15 is 0 Å². The normalized spacial score (nSPS) is 10.1. The van der Waals surface area contributed by atoms with Crippen LogP contribution in [-0.4, -0.2) is 4.98 Å². The van der Waals surface area contributed by atoms with Crippen LogP contribution in [0.25, 0.3) is 0 Å². The zero-order valence-electron chi connectivity index (χ0n) is 8.65. The highest BCUT2D eigenvalue weighted by atomic mass is 19.1. The van der Waals surface area contributed by atoms with Crippen LogP contribution in [0.4, 0.5) is 15.8 Å². The number of anilines is 2. The molecule has 0 bridgehead atoms. The van der Waals surface area contributed by atoms with E-state index in [1.807, 2.05) is 12.1 Å². The highest BCUT2D eigenvalue weighted by Crippen LogP contribution is 2.22. The van der Waals surface area contributed by atoms with E-state index in [1.54, 1.807) is 24.5 Å². The largest absolute Gasteiger partial charge is 0.397 e. The predicted molar refractivity (Wildman–Crippen MR) is 62.4 cm³/mol. The molecule has 82 valence electrons. The lowest BCUT2D eigenvalue weighted by atomic mass is 10.2. The van der Waals surface area contributed by atoms with Crippen LogP contribution >= 0.6 is 0 Å². The smallest absolute Gasteiger partial charge is 0.148 e. The summed E-state index contributed by atoms with van der Waals surface area (Å²) in [6.45, 7) is 0.521. The molecule has 0 atom stereocenters. The summed E-state index contributed by atoms with van der Waals surface area (Å²) in [6, 6.07) is 8.36. The van der Waals surface area contributed by atoms with Gasteiger partial charge in [0, 0.05) is 18.9 Å². The first-order chi connectivity index (χ1) is 7.77. The molecule has 0 amide bonds. The highest BCUT2D eigenvalue weighted by molar-refractivity contribution is 5.66. The Labute approximate surface area is 93.1 Å². The van der Waals surface area contributed by atoms with Gasteiger partial charge in [0.15, 0.2) is 0 Å². The Morgan fingerprint density at radius 1 is 1.19 bits per heavy atom. The van der Waals surface area contributed by atoms with E-state index in [9.17, 15) is 4.39 Å². The number of hydrogen-bond donors (Lipinski definition) is 2. The van der Waals surface area contributed by atoms with Crippen molar-refractivity contribution in [2.75, 3.05) is 11.1 Å². The zero-order valence-corrected chi connectivity index (χ0v) is 8.65. The van der Waals surface area contributed by atoms with Gasteiger partial charge in [0.1, 0.15) is 5.82 Å². The highest BCUT2D eigenvalue weighted by Gasteiger charge is 2.04. The van der Waals surface area contributed by atoms with Gasteiger partial charge >= 0.3 is 0 Å². The lowest BCUT2D eigenvalue weighted by molar-refractivity contribution is 0.631. The van der Waals surface area contributed by atoms with Gasteiger partial charge in [-0.15, -0.1) is 0 Å². The van der Waals surface area contributed by atoms with Crippen LogP contribution in [0.3, 0.4) is 0 Å². The van der Waals surface area contributed by atoms with Crippen LogP contribution in [0.1, 0.15) is 5.56 Å². The van der Waals surface area contributed by atoms with E-state index in [-0.39, 0.29) is 5.82 Å². The second-order valence-corrected chi connectivity index (χ2v) is 3.41. The first-order valence-corrected chi connectivity index (χ1v) is 4.94. The molecule has 0 fully saturated rings. The number of nitrogens with two attached hydrogens (primary N) is 1. The van der Waals surface area contributed by atoms with Crippen molar-refractivity contribution in [2.45, 2.75) is 6.54 Å². The van der Waals surface area contributed by atoms with Crippen LogP contribution in [0.5, 0.6) is 0 Å². The molecule has 0 aliphatic rings. The minimum Gasteiger partial charge on any atom is -0.397 e. The maximum atomic E-state index is 13.4. The number of aromatic nitrogens is 1. The molecule has 0 aliphatic carbocycles. The lowest BCUT2D eigenvalue weighted by Gasteiger charge is -2.09. The molecular weight excluding hydrogens is 205 g/mol. The molecule has 16 heavy (non-hydrogen) atoms. The number of nitrogens with one attached hydrogen (secondary N) is 1. The molecular formula is C12H12FN3. The molecule has 0 spiro atoms. The van der Waals surface area contributed by atoms with Crippen molar-refractivity contribution in [1.29, 1.82) is 0 Å². The average molecular weight is 217 g/mol. The van der Waals surface area contributed by atoms with Gasteiger partial charge in [-0.05, 0) is 29.8 Å². The Kier molecular flexibility index (Phi) is 3.00. The third-order valence-corrected chi connectivity index (χ3v) is 2.26. The Bertz CT molecular complexity index is 451. The molecule has 0 aliphatic heterocycles. The molecule has 3 N–H and O–H groups in total. The Balaban J connectivity index is 2.11. The van der Waals surface area contributed by atoms with Gasteiger partial charge in [-0.1, -0.05) is 6.07 Å². The number of hydrogen-bond acceptors (Lipinski definition) is 3. The van der Waals surface area contributed by atoms with Crippen LogP contribution in [0, 0.1) is 5.82 Å². The molecule has 2 aromatic rings. The summed E-state index contributed by atoms with van der Waals surface area (Å²) in [4.78, 5) is 3.91. The number of rotatable bonds is 3. The molecule has 0 saturated carbocycles. The van der Waals surface area contributed by atoms with Gasteiger partial charge < -0.3 is 11.1 Å². The SMILES string of the molecule is Nc1cccc(F)c1NCc1ccncc1. The van der Waals surface area contributed by atoms with E-state index in [0.29, 0.717) is 17.9 Å². The molecule has 4 heteroatoms. The first kappa shape index (κ1) is 10.4. The van der Waals surface area contributed by atoms with E-state index in [1.165, 1.54) is 6.07 Å². The Hall–Kier alpha value is -2.10. The predicted octanol–water partition coefficient (Wildman–Crippen LogP) is 2.42. The number of benzene rings is 1. The fourth-order valence-electron chi connectivity index (χ4n) is 1.42. The summed E-state index contributed by atoms with van der Waals surface area (Å²) in [5, 5.41) is 2.97. The first-order valence-electron chi connectivity index (χ1n) is 4.94. The topological polar surface area (TPSA) is 50.9 Å². The maximum absolute atomic E-state index is 13.4. The minimum atomic E-state index is -0.339. The number of nitrogens with zero attached hydrogens (tertiary/aromatic N) is 1. The molecule has 1 aromatic heterocycles. The fraction of sp³-hybridized carbons (Fsp3) is 0.0833. The lowest BCUT2D eigenvalue weighted by Crippen LogP contribution is -2.04. The van der Waals surface area contributed by atoms with Crippen molar-refractivity contribution in [3.05, 3.63) is 54.1 Å². The molecule has 0 unspecified atom stereocenters. The van der Waals surface area contributed by atoms with E-state index in [0.717, 1.165) is 5.56 Å². The Morgan fingerprint density at radius 3 is 2.62 bits per heavy atom. The zero-order chi connectivity index (χ0) is 11.4. The third-order valence-electron chi connectivity index (χ3n) is 2.26. The summed E-state index contributed by atoms with van der Waals surface area (Å²) in [6.07, 6.45) is 3.39. The maximum Gasteiger partial charge on any atom is 0.148 e. The van der Waals surface area contributed by atoms with Crippen molar-refractivity contribution in [3.8, 4) is 0 Å². The summed E-state index contributed by atoms with van der Waals surface area (Å²) in [7, 11) is 0. The van der Waals surface area contributed by atoms with E-state index in [4.69, 9.17) is 5.73 Å². The fourth-order valence-corrected chi connectivity index (χ4v) is 1.42. The second-order valence-electron chi connectivity index (χ2n) is 3.41. The Morgan fingerprint density at radius 2 is 1.94 bits per heavy atom. The van der Waals surface area contributed by atoms with E-state index in [2.05, 4.69) is 10.3 Å². The quantitative estimate of drug-likeness (QED) is 0.776. The molecule has 1 heterocycles. The standard InChI is InChI=1S/C12H12FN3/c13-10-2-1-3-11(14)12(10)16-8-9-4-6-15-7-5-9/h1-7,16H,8,14H2. The average Bonchev–Trinajstić information content (AvgIpc) is 2.30. The van der Waals surface area contributed by atoms with Crippen molar-refractivity contribution in [3.63, 3.8) is 0 Å². The van der Waals surface area contributed by atoms with Crippen LogP contribution in [-0.2, 0) is 6.54 Å². The van der Waals surface area contributed by atoms with E-state index < -0.39 is 0 Å². The summed E-state index contributed by atoms with van der Waals surface area (Å²) >= 11 is 0. The van der Waals surface area contributed by atoms with Crippen molar-refractivity contribution < 1.29 is 4.39 Å². The van der Waals surface area contributed by atoms with Crippen molar-refractivity contribution >= 4 is 11.4 Å². The molecule has 3 nitrogen and oxygen atoms in total.